The second-order valence-corrected chi connectivity index (χ2v) is 5.56. The zero-order valence-corrected chi connectivity index (χ0v) is 9.08. The van der Waals surface area contributed by atoms with Crippen LogP contribution in [-0.2, 0) is 11.1 Å². The molecule has 0 amide bonds. The van der Waals surface area contributed by atoms with E-state index in [2.05, 4.69) is 0 Å². The van der Waals surface area contributed by atoms with Crippen molar-refractivity contribution in [2.24, 2.45) is 0 Å². The second kappa shape index (κ2) is 5.43. The molecule has 0 saturated carbocycles. The lowest BCUT2D eigenvalue weighted by Crippen LogP contribution is -2.49. The highest BCUT2D eigenvalue weighted by Gasteiger charge is 2.36. The molecular weight excluding hydrogens is 228 g/mol. The van der Waals surface area contributed by atoms with Crippen LogP contribution in [0.4, 0.5) is 0 Å². The SMILES string of the molecule is O=S(O)CC[C@H]1SC[C@@H](O)[C@@H](O)[C@@H]1O. The summed E-state index contributed by atoms with van der Waals surface area (Å²) in [6, 6.07) is 0. The first-order chi connectivity index (χ1) is 6.52. The lowest BCUT2D eigenvalue weighted by Gasteiger charge is -2.34. The molecule has 5 nitrogen and oxygen atoms in total. The van der Waals surface area contributed by atoms with Crippen LogP contribution in [0.5, 0.6) is 0 Å². The lowest BCUT2D eigenvalue weighted by atomic mass is 10.0. The summed E-state index contributed by atoms with van der Waals surface area (Å²) >= 11 is -0.551. The maximum absolute atomic E-state index is 10.4. The van der Waals surface area contributed by atoms with Crippen LogP contribution in [0.2, 0.25) is 0 Å². The number of thioether (sulfide) groups is 1. The molecule has 84 valence electrons. The van der Waals surface area contributed by atoms with Gasteiger partial charge in [0.1, 0.15) is 6.10 Å². The molecule has 1 fully saturated rings. The van der Waals surface area contributed by atoms with Gasteiger partial charge in [0.05, 0.1) is 18.0 Å². The van der Waals surface area contributed by atoms with Gasteiger partial charge < -0.3 is 19.9 Å². The van der Waals surface area contributed by atoms with E-state index in [4.69, 9.17) is 4.55 Å². The quantitative estimate of drug-likeness (QED) is 0.464. The summed E-state index contributed by atoms with van der Waals surface area (Å²) in [5.41, 5.74) is 0. The summed E-state index contributed by atoms with van der Waals surface area (Å²) in [6.07, 6.45) is -2.72. The van der Waals surface area contributed by atoms with Crippen molar-refractivity contribution in [1.29, 1.82) is 0 Å². The van der Waals surface area contributed by atoms with Crippen molar-refractivity contribution in [3.8, 4) is 0 Å². The van der Waals surface area contributed by atoms with Crippen LogP contribution >= 0.6 is 11.8 Å². The fourth-order valence-electron chi connectivity index (χ4n) is 1.34. The summed E-state index contributed by atoms with van der Waals surface area (Å²) in [5, 5.41) is 27.8. The van der Waals surface area contributed by atoms with Gasteiger partial charge in [-0.1, -0.05) is 0 Å². The third-order valence-corrected chi connectivity index (χ3v) is 4.24. The van der Waals surface area contributed by atoms with Crippen molar-refractivity contribution in [1.82, 2.24) is 0 Å². The van der Waals surface area contributed by atoms with Gasteiger partial charge in [0.25, 0.3) is 0 Å². The van der Waals surface area contributed by atoms with Crippen LogP contribution in [0.25, 0.3) is 0 Å². The van der Waals surface area contributed by atoms with Gasteiger partial charge in [-0.25, -0.2) is 4.21 Å². The van der Waals surface area contributed by atoms with Gasteiger partial charge in [0.2, 0.25) is 0 Å². The maximum Gasteiger partial charge on any atom is 0.152 e. The van der Waals surface area contributed by atoms with E-state index in [1.165, 1.54) is 11.8 Å². The van der Waals surface area contributed by atoms with Crippen LogP contribution in [0, 0.1) is 0 Å². The average Bonchev–Trinajstić information content (AvgIpc) is 2.13. The zero-order chi connectivity index (χ0) is 10.7. The standard InChI is InChI=1S/C7H14O5S2/c8-4-3-13-5(1-2-14(11)12)7(10)6(4)9/h4-10H,1-3H2,(H,11,12)/t4-,5-,6-,7-/m1/s1. The number of rotatable bonds is 3. The van der Waals surface area contributed by atoms with Crippen LogP contribution in [0.15, 0.2) is 0 Å². The molecule has 0 bridgehead atoms. The Kier molecular flexibility index (Phi) is 4.81. The fourth-order valence-corrected chi connectivity index (χ4v) is 3.23. The molecule has 1 aliphatic rings. The normalized spacial score (nSPS) is 40.9. The van der Waals surface area contributed by atoms with Crippen LogP contribution in [0.1, 0.15) is 6.42 Å². The minimum atomic E-state index is -1.87. The summed E-state index contributed by atoms with van der Waals surface area (Å²) < 4.78 is 19.0. The minimum absolute atomic E-state index is 0.0809. The molecule has 1 heterocycles. The maximum atomic E-state index is 10.4. The first-order valence-corrected chi connectivity index (χ1v) is 6.58. The molecular formula is C7H14O5S2. The van der Waals surface area contributed by atoms with Gasteiger partial charge in [-0.3, -0.25) is 0 Å². The number of aliphatic hydroxyl groups excluding tert-OH is 3. The van der Waals surface area contributed by atoms with Crippen LogP contribution in [0.3, 0.4) is 0 Å². The van der Waals surface area contributed by atoms with Gasteiger partial charge in [0.15, 0.2) is 11.1 Å². The first kappa shape index (κ1) is 12.4. The van der Waals surface area contributed by atoms with Crippen molar-refractivity contribution in [3.63, 3.8) is 0 Å². The van der Waals surface area contributed by atoms with Crippen LogP contribution in [-0.4, -0.2) is 59.1 Å². The zero-order valence-electron chi connectivity index (χ0n) is 7.44. The smallest absolute Gasteiger partial charge is 0.152 e. The molecule has 14 heavy (non-hydrogen) atoms. The molecule has 0 aliphatic carbocycles. The lowest BCUT2D eigenvalue weighted by molar-refractivity contribution is -0.0553. The van der Waals surface area contributed by atoms with E-state index < -0.39 is 29.4 Å². The molecule has 0 aromatic rings. The van der Waals surface area contributed by atoms with E-state index >= 15 is 0 Å². The van der Waals surface area contributed by atoms with E-state index in [1.807, 2.05) is 0 Å². The first-order valence-electron chi connectivity index (χ1n) is 4.25. The molecule has 1 unspecified atom stereocenters. The minimum Gasteiger partial charge on any atom is -0.389 e. The van der Waals surface area contributed by atoms with Crippen molar-refractivity contribution < 1.29 is 24.1 Å². The Morgan fingerprint density at radius 2 is 1.93 bits per heavy atom. The Balaban J connectivity index is 2.42. The van der Waals surface area contributed by atoms with Gasteiger partial charge in [-0.05, 0) is 6.42 Å². The van der Waals surface area contributed by atoms with Crippen molar-refractivity contribution in [2.45, 2.75) is 30.0 Å². The number of hydrogen-bond acceptors (Lipinski definition) is 5. The van der Waals surface area contributed by atoms with Gasteiger partial charge in [0, 0.05) is 11.0 Å². The average molecular weight is 242 g/mol. The molecule has 1 rings (SSSR count). The predicted octanol–water partition coefficient (Wildman–Crippen LogP) is -1.20. The van der Waals surface area contributed by atoms with E-state index in [1.54, 1.807) is 0 Å². The molecule has 4 N–H and O–H groups in total. The monoisotopic (exact) mass is 242 g/mol. The molecule has 7 heteroatoms. The molecule has 0 aromatic heterocycles. The molecule has 0 aromatic carbocycles. The van der Waals surface area contributed by atoms with Gasteiger partial charge in [-0.2, -0.15) is 11.8 Å². The topological polar surface area (TPSA) is 98.0 Å². The van der Waals surface area contributed by atoms with Gasteiger partial charge >= 0.3 is 0 Å². The molecule has 0 radical (unpaired) electrons. The van der Waals surface area contributed by atoms with Gasteiger partial charge in [-0.15, -0.1) is 0 Å². The van der Waals surface area contributed by atoms with E-state index in [0.29, 0.717) is 12.2 Å². The fraction of sp³-hybridized carbons (Fsp3) is 1.00. The Bertz CT molecular complexity index is 212. The van der Waals surface area contributed by atoms with Crippen molar-refractivity contribution >= 4 is 22.8 Å². The van der Waals surface area contributed by atoms with E-state index in [-0.39, 0.29) is 11.0 Å². The molecule has 0 spiro atoms. The van der Waals surface area contributed by atoms with E-state index in [0.717, 1.165) is 0 Å². The number of hydrogen-bond donors (Lipinski definition) is 4. The Labute approximate surface area is 88.8 Å². The number of aliphatic hydroxyl groups is 3. The Morgan fingerprint density at radius 3 is 2.50 bits per heavy atom. The highest BCUT2D eigenvalue weighted by Crippen LogP contribution is 2.28. The summed E-state index contributed by atoms with van der Waals surface area (Å²) in [5.74, 6) is 0.429. The van der Waals surface area contributed by atoms with Crippen LogP contribution < -0.4 is 0 Å². The summed E-state index contributed by atoms with van der Waals surface area (Å²) in [4.78, 5) is 0. The molecule has 1 aliphatic heterocycles. The van der Waals surface area contributed by atoms with E-state index in [9.17, 15) is 19.5 Å². The largest absolute Gasteiger partial charge is 0.389 e. The second-order valence-electron chi connectivity index (χ2n) is 3.23. The Morgan fingerprint density at radius 1 is 1.29 bits per heavy atom. The Hall–Kier alpha value is 0.340. The highest BCUT2D eigenvalue weighted by atomic mass is 32.2. The van der Waals surface area contributed by atoms with Crippen molar-refractivity contribution in [3.05, 3.63) is 0 Å². The predicted molar refractivity (Wildman–Crippen MR) is 54.5 cm³/mol. The molecule has 5 atom stereocenters. The third kappa shape index (κ3) is 3.18. The third-order valence-electron chi connectivity index (χ3n) is 2.18. The highest BCUT2D eigenvalue weighted by molar-refractivity contribution is 8.00. The van der Waals surface area contributed by atoms with Crippen molar-refractivity contribution in [2.75, 3.05) is 11.5 Å². The summed E-state index contributed by atoms with van der Waals surface area (Å²) in [6.45, 7) is 0. The molecule has 1 saturated heterocycles. The summed E-state index contributed by atoms with van der Waals surface area (Å²) in [7, 11) is 0.